The predicted molar refractivity (Wildman–Crippen MR) is 135 cm³/mol. The van der Waals surface area contributed by atoms with Gasteiger partial charge in [-0.25, -0.2) is 0 Å². The zero-order valence-electron chi connectivity index (χ0n) is 17.8. The molecule has 0 atom stereocenters. The summed E-state index contributed by atoms with van der Waals surface area (Å²) in [6.07, 6.45) is 1.37. The summed E-state index contributed by atoms with van der Waals surface area (Å²) in [4.78, 5) is 33.3. The van der Waals surface area contributed by atoms with Gasteiger partial charge < -0.3 is 10.1 Å². The first-order valence-corrected chi connectivity index (χ1v) is 11.3. The molecule has 0 saturated heterocycles. The summed E-state index contributed by atoms with van der Waals surface area (Å²) < 4.78 is 6.36. The normalized spacial score (nSPS) is 10.9. The largest absolute Gasteiger partial charge is 0.448 e. The second kappa shape index (κ2) is 10.9. The van der Waals surface area contributed by atoms with Crippen molar-refractivity contribution in [3.05, 3.63) is 100 Å². The fourth-order valence-electron chi connectivity index (χ4n) is 2.87. The number of non-ortho nitro benzene ring substituents is 1. The number of aryl methyl sites for hydroxylation is 1. The molecule has 3 rings (SSSR count). The van der Waals surface area contributed by atoms with E-state index in [-0.39, 0.29) is 17.1 Å². The minimum absolute atomic E-state index is 0.149. The van der Waals surface area contributed by atoms with E-state index in [4.69, 9.17) is 4.74 Å². The van der Waals surface area contributed by atoms with Crippen LogP contribution in [0.3, 0.4) is 0 Å². The van der Waals surface area contributed by atoms with Gasteiger partial charge in [0.25, 0.3) is 11.6 Å². The number of halogens is 2. The maximum Gasteiger partial charge on any atom is 0.318 e. The number of carbonyl (C=O) groups excluding carboxylic acids is 1. The van der Waals surface area contributed by atoms with Crippen LogP contribution < -0.4 is 10.1 Å². The van der Waals surface area contributed by atoms with Gasteiger partial charge in [0.15, 0.2) is 5.75 Å². The fourth-order valence-corrected chi connectivity index (χ4v) is 4.25. The molecule has 1 N–H and O–H groups in total. The molecule has 0 heterocycles. The number of nitrogens with one attached hydrogen (secondary N) is 1. The summed E-state index contributed by atoms with van der Waals surface area (Å²) in [5.41, 5.74) is 0.846. The number of hydrogen-bond donors (Lipinski definition) is 1. The molecule has 3 aromatic carbocycles. The van der Waals surface area contributed by atoms with Crippen molar-refractivity contribution in [2.45, 2.75) is 6.92 Å². The van der Waals surface area contributed by atoms with E-state index in [0.717, 1.165) is 23.8 Å². The van der Waals surface area contributed by atoms with Crippen LogP contribution in [-0.2, 0) is 4.79 Å². The van der Waals surface area contributed by atoms with Crippen LogP contribution in [0.1, 0.15) is 11.1 Å². The number of nitriles is 1. The number of nitro groups is 2. The van der Waals surface area contributed by atoms with E-state index >= 15 is 0 Å². The second-order valence-electron chi connectivity index (χ2n) is 7.07. The summed E-state index contributed by atoms with van der Waals surface area (Å²) in [7, 11) is 0. The van der Waals surface area contributed by atoms with E-state index < -0.39 is 27.1 Å². The predicted octanol–water partition coefficient (Wildman–Crippen LogP) is 6.67. The van der Waals surface area contributed by atoms with Gasteiger partial charge in [-0.05, 0) is 80.8 Å². The van der Waals surface area contributed by atoms with Gasteiger partial charge in [0, 0.05) is 11.8 Å². The summed E-state index contributed by atoms with van der Waals surface area (Å²) >= 11 is 6.64. The Morgan fingerprint density at radius 2 is 1.66 bits per heavy atom. The third kappa shape index (κ3) is 6.28. The van der Waals surface area contributed by atoms with E-state index in [1.54, 1.807) is 24.3 Å². The molecule has 0 aliphatic carbocycles. The molecule has 0 fully saturated rings. The van der Waals surface area contributed by atoms with Crippen molar-refractivity contribution in [1.82, 2.24) is 0 Å². The Bertz CT molecular complexity index is 1390. The highest BCUT2D eigenvalue weighted by molar-refractivity contribution is 9.11. The van der Waals surface area contributed by atoms with Crippen LogP contribution in [0, 0.1) is 38.5 Å². The topological polar surface area (TPSA) is 148 Å². The SMILES string of the molecule is Cc1ccc(NC(=O)/C(C#N)=C/c2cc(Br)c(Oc3ccc([N+](=O)[O-])cc3[N+](=O)[O-])c(Br)c2)cc1. The third-order valence-corrected chi connectivity index (χ3v) is 5.75. The van der Waals surface area contributed by atoms with Crippen molar-refractivity contribution in [3.8, 4) is 17.6 Å². The molecular formula is C23H14Br2N4O6. The molecule has 0 spiro atoms. The molecule has 10 nitrogen and oxygen atoms in total. The molecule has 0 aromatic heterocycles. The number of benzene rings is 3. The van der Waals surface area contributed by atoms with Gasteiger partial charge in [-0.15, -0.1) is 0 Å². The highest BCUT2D eigenvalue weighted by Crippen LogP contribution is 2.41. The number of nitrogens with zero attached hydrogens (tertiary/aromatic N) is 3. The van der Waals surface area contributed by atoms with Crippen LogP contribution in [0.25, 0.3) is 6.08 Å². The lowest BCUT2D eigenvalue weighted by atomic mass is 10.1. The molecule has 0 bridgehead atoms. The lowest BCUT2D eigenvalue weighted by Crippen LogP contribution is -2.13. The fraction of sp³-hybridized carbons (Fsp3) is 0.0435. The standard InChI is InChI=1S/C23H14Br2N4O6/c1-13-2-4-16(5-3-13)27-23(30)15(12-26)8-14-9-18(24)22(19(25)10-14)35-21-7-6-17(28(31)32)11-20(21)29(33)34/h2-11H,1H3,(H,27,30)/b15-8+. The van der Waals surface area contributed by atoms with Crippen LogP contribution in [-0.4, -0.2) is 15.8 Å². The highest BCUT2D eigenvalue weighted by atomic mass is 79.9. The smallest absolute Gasteiger partial charge is 0.318 e. The summed E-state index contributed by atoms with van der Waals surface area (Å²) in [6.45, 7) is 1.91. The Kier molecular flexibility index (Phi) is 7.95. The molecule has 1 amide bonds. The van der Waals surface area contributed by atoms with Gasteiger partial charge in [0.2, 0.25) is 5.75 Å². The zero-order valence-corrected chi connectivity index (χ0v) is 21.0. The van der Waals surface area contributed by atoms with Crippen molar-refractivity contribution in [2.75, 3.05) is 5.32 Å². The van der Waals surface area contributed by atoms with Crippen LogP contribution in [0.15, 0.2) is 69.1 Å². The maximum absolute atomic E-state index is 12.5. The van der Waals surface area contributed by atoms with Crippen molar-refractivity contribution in [3.63, 3.8) is 0 Å². The Balaban J connectivity index is 1.89. The third-order valence-electron chi connectivity index (χ3n) is 4.57. The number of ether oxygens (including phenoxy) is 1. The lowest BCUT2D eigenvalue weighted by molar-refractivity contribution is -0.394. The average Bonchev–Trinajstić information content (AvgIpc) is 2.81. The molecule has 0 unspecified atom stereocenters. The summed E-state index contributed by atoms with van der Waals surface area (Å²) in [6, 6.07) is 15.1. The maximum atomic E-state index is 12.5. The Labute approximate surface area is 215 Å². The van der Waals surface area contributed by atoms with E-state index in [1.165, 1.54) is 6.08 Å². The Hall–Kier alpha value is -4.08. The minimum atomic E-state index is -0.785. The molecule has 12 heteroatoms. The second-order valence-corrected chi connectivity index (χ2v) is 8.78. The molecule has 0 radical (unpaired) electrons. The van der Waals surface area contributed by atoms with Gasteiger partial charge in [-0.3, -0.25) is 25.0 Å². The highest BCUT2D eigenvalue weighted by Gasteiger charge is 2.23. The molecule has 0 aliphatic rings. The zero-order chi connectivity index (χ0) is 25.7. The van der Waals surface area contributed by atoms with Crippen molar-refractivity contribution in [2.24, 2.45) is 0 Å². The Morgan fingerprint density at radius 3 is 2.20 bits per heavy atom. The number of hydrogen-bond acceptors (Lipinski definition) is 7. The first-order valence-electron chi connectivity index (χ1n) is 9.68. The number of anilines is 1. The van der Waals surface area contributed by atoms with Crippen LogP contribution >= 0.6 is 31.9 Å². The van der Waals surface area contributed by atoms with Crippen LogP contribution in [0.2, 0.25) is 0 Å². The summed E-state index contributed by atoms with van der Waals surface area (Å²) in [5, 5.41) is 34.4. The average molecular weight is 602 g/mol. The van der Waals surface area contributed by atoms with Crippen LogP contribution in [0.5, 0.6) is 11.5 Å². The molecular weight excluding hydrogens is 588 g/mol. The lowest BCUT2D eigenvalue weighted by Gasteiger charge is -2.11. The van der Waals surface area contributed by atoms with E-state index in [1.807, 2.05) is 25.1 Å². The number of carbonyl (C=O) groups is 1. The monoisotopic (exact) mass is 600 g/mol. The van der Waals surface area contributed by atoms with Crippen molar-refractivity contribution >= 4 is 60.9 Å². The van der Waals surface area contributed by atoms with Gasteiger partial charge in [0.1, 0.15) is 11.6 Å². The van der Waals surface area contributed by atoms with E-state index in [0.29, 0.717) is 20.2 Å². The van der Waals surface area contributed by atoms with Crippen molar-refractivity contribution < 1.29 is 19.4 Å². The molecule has 35 heavy (non-hydrogen) atoms. The molecule has 0 aliphatic heterocycles. The van der Waals surface area contributed by atoms with Gasteiger partial charge >= 0.3 is 5.69 Å². The minimum Gasteiger partial charge on any atom is -0.448 e. The quantitative estimate of drug-likeness (QED) is 0.137. The number of nitro benzene ring substituents is 2. The molecule has 0 saturated carbocycles. The van der Waals surface area contributed by atoms with Gasteiger partial charge in [0.05, 0.1) is 24.9 Å². The van der Waals surface area contributed by atoms with Crippen LogP contribution in [0.4, 0.5) is 17.1 Å². The number of rotatable bonds is 7. The number of amides is 1. The van der Waals surface area contributed by atoms with Gasteiger partial charge in [-0.1, -0.05) is 17.7 Å². The summed E-state index contributed by atoms with van der Waals surface area (Å²) in [5.74, 6) is -0.646. The van der Waals surface area contributed by atoms with E-state index in [2.05, 4.69) is 37.2 Å². The van der Waals surface area contributed by atoms with Gasteiger partial charge in [-0.2, -0.15) is 5.26 Å². The Morgan fingerprint density at radius 1 is 1.03 bits per heavy atom. The first-order chi connectivity index (χ1) is 16.6. The first kappa shape index (κ1) is 25.5. The van der Waals surface area contributed by atoms with Crippen molar-refractivity contribution in [1.29, 1.82) is 5.26 Å². The van der Waals surface area contributed by atoms with E-state index in [9.17, 15) is 30.3 Å². The molecule has 176 valence electrons. The molecule has 3 aromatic rings.